The van der Waals surface area contributed by atoms with Gasteiger partial charge in [-0.05, 0) is 50.8 Å². The van der Waals surface area contributed by atoms with Crippen LogP contribution in [0.5, 0.6) is 5.75 Å². The third kappa shape index (κ3) is 3.95. The summed E-state index contributed by atoms with van der Waals surface area (Å²) in [4.78, 5) is 2.51. The zero-order chi connectivity index (χ0) is 13.7. The van der Waals surface area contributed by atoms with Crippen molar-refractivity contribution in [2.45, 2.75) is 32.7 Å². The van der Waals surface area contributed by atoms with Gasteiger partial charge in [-0.3, -0.25) is 4.90 Å². The van der Waals surface area contributed by atoms with E-state index in [0.717, 1.165) is 32.0 Å². The van der Waals surface area contributed by atoms with Gasteiger partial charge in [0.1, 0.15) is 12.4 Å². The molecular weight excluding hydrogens is 236 g/mol. The van der Waals surface area contributed by atoms with E-state index in [2.05, 4.69) is 24.8 Å². The minimum absolute atomic E-state index is 0.656. The maximum atomic E-state index is 5.88. The van der Waals surface area contributed by atoms with E-state index in [1.807, 2.05) is 18.2 Å². The summed E-state index contributed by atoms with van der Waals surface area (Å²) in [5.74, 6) is 1.66. The van der Waals surface area contributed by atoms with Crippen molar-refractivity contribution in [2.24, 2.45) is 11.7 Å². The van der Waals surface area contributed by atoms with E-state index in [1.54, 1.807) is 0 Å². The smallest absolute Gasteiger partial charge is 0.122 e. The number of aryl methyl sites for hydroxylation is 1. The van der Waals surface area contributed by atoms with E-state index in [9.17, 15) is 0 Å². The van der Waals surface area contributed by atoms with Crippen LogP contribution >= 0.6 is 0 Å². The zero-order valence-corrected chi connectivity index (χ0v) is 12.1. The Hall–Kier alpha value is -1.06. The fourth-order valence-corrected chi connectivity index (χ4v) is 2.76. The van der Waals surface area contributed by atoms with Crippen LogP contribution in [0.4, 0.5) is 0 Å². The van der Waals surface area contributed by atoms with Crippen molar-refractivity contribution >= 4 is 0 Å². The van der Waals surface area contributed by atoms with Gasteiger partial charge >= 0.3 is 0 Å². The van der Waals surface area contributed by atoms with Crippen molar-refractivity contribution in [3.63, 3.8) is 0 Å². The predicted octanol–water partition coefficient (Wildman–Crippen LogP) is 2.43. The fourth-order valence-electron chi connectivity index (χ4n) is 2.76. The minimum atomic E-state index is 0.656. The van der Waals surface area contributed by atoms with Crippen LogP contribution in [-0.2, 0) is 0 Å². The molecule has 1 aliphatic heterocycles. The molecule has 1 fully saturated rings. The Balaban J connectivity index is 1.80. The van der Waals surface area contributed by atoms with Gasteiger partial charge in [-0.25, -0.2) is 0 Å². The lowest BCUT2D eigenvalue weighted by atomic mass is 9.94. The van der Waals surface area contributed by atoms with Gasteiger partial charge in [0.25, 0.3) is 0 Å². The number of nitrogens with two attached hydrogens (primary N) is 1. The lowest BCUT2D eigenvalue weighted by Gasteiger charge is -2.37. The van der Waals surface area contributed by atoms with Crippen LogP contribution in [0.25, 0.3) is 0 Å². The fraction of sp³-hybridized carbons (Fsp3) is 0.625. The number of piperidine rings is 1. The van der Waals surface area contributed by atoms with Crippen LogP contribution in [0, 0.1) is 12.8 Å². The summed E-state index contributed by atoms with van der Waals surface area (Å²) < 4.78 is 5.88. The van der Waals surface area contributed by atoms with E-state index in [0.29, 0.717) is 12.0 Å². The van der Waals surface area contributed by atoms with Crippen molar-refractivity contribution in [2.75, 3.05) is 26.2 Å². The van der Waals surface area contributed by atoms with Gasteiger partial charge in [0, 0.05) is 19.1 Å². The molecule has 2 rings (SSSR count). The maximum absolute atomic E-state index is 5.88. The highest BCUT2D eigenvalue weighted by Crippen LogP contribution is 2.21. The van der Waals surface area contributed by atoms with E-state index < -0.39 is 0 Å². The second kappa shape index (κ2) is 6.92. The zero-order valence-electron chi connectivity index (χ0n) is 12.1. The molecule has 19 heavy (non-hydrogen) atoms. The molecule has 2 unspecified atom stereocenters. The topological polar surface area (TPSA) is 38.5 Å². The molecule has 1 aliphatic rings. The maximum Gasteiger partial charge on any atom is 0.122 e. The number of ether oxygens (including phenoxy) is 1. The van der Waals surface area contributed by atoms with Crippen LogP contribution in [-0.4, -0.2) is 37.2 Å². The van der Waals surface area contributed by atoms with Gasteiger partial charge in [-0.1, -0.05) is 18.2 Å². The number of rotatable bonds is 5. The number of hydrogen-bond donors (Lipinski definition) is 1. The average Bonchev–Trinajstić information content (AvgIpc) is 2.43. The number of benzene rings is 1. The average molecular weight is 262 g/mol. The van der Waals surface area contributed by atoms with Gasteiger partial charge in [-0.15, -0.1) is 0 Å². The van der Waals surface area contributed by atoms with Crippen molar-refractivity contribution < 1.29 is 4.74 Å². The molecule has 0 saturated carbocycles. The summed E-state index contributed by atoms with van der Waals surface area (Å²) in [6.07, 6.45) is 2.53. The summed E-state index contributed by atoms with van der Waals surface area (Å²) in [6.45, 7) is 8.07. The number of likely N-dealkylation sites (tertiary alicyclic amines) is 1. The molecule has 3 heteroatoms. The van der Waals surface area contributed by atoms with Crippen LogP contribution in [0.1, 0.15) is 25.3 Å². The summed E-state index contributed by atoms with van der Waals surface area (Å²) in [5.41, 5.74) is 7.00. The highest BCUT2D eigenvalue weighted by atomic mass is 16.5. The van der Waals surface area contributed by atoms with E-state index >= 15 is 0 Å². The normalized spacial score (nSPS) is 24.4. The molecule has 0 radical (unpaired) electrons. The minimum Gasteiger partial charge on any atom is -0.492 e. The molecule has 1 aromatic rings. The van der Waals surface area contributed by atoms with Crippen LogP contribution in [0.2, 0.25) is 0 Å². The molecule has 0 spiro atoms. The monoisotopic (exact) mass is 262 g/mol. The highest BCUT2D eigenvalue weighted by molar-refractivity contribution is 5.31. The lowest BCUT2D eigenvalue weighted by molar-refractivity contribution is 0.101. The molecule has 1 heterocycles. The van der Waals surface area contributed by atoms with Gasteiger partial charge in [0.05, 0.1) is 0 Å². The molecule has 0 aromatic heterocycles. The van der Waals surface area contributed by atoms with E-state index in [4.69, 9.17) is 10.5 Å². The second-order valence-electron chi connectivity index (χ2n) is 5.64. The standard InChI is InChI=1S/C16H26N2O/c1-13-5-3-4-6-16(13)19-10-9-18-12-15(11-17)8-7-14(18)2/h3-6,14-15H,7-12,17H2,1-2H3. The predicted molar refractivity (Wildman–Crippen MR) is 79.5 cm³/mol. The van der Waals surface area contributed by atoms with Crippen molar-refractivity contribution in [1.82, 2.24) is 4.90 Å². The van der Waals surface area contributed by atoms with Crippen molar-refractivity contribution in [3.8, 4) is 5.75 Å². The second-order valence-corrected chi connectivity index (χ2v) is 5.64. The van der Waals surface area contributed by atoms with E-state index in [1.165, 1.54) is 18.4 Å². The molecule has 0 aliphatic carbocycles. The molecule has 1 aromatic carbocycles. The Bertz CT molecular complexity index is 394. The third-order valence-corrected chi connectivity index (χ3v) is 4.17. The Labute approximate surface area is 116 Å². The molecule has 2 N–H and O–H groups in total. The first-order chi connectivity index (χ1) is 9.20. The Morgan fingerprint density at radius 1 is 1.32 bits per heavy atom. The van der Waals surface area contributed by atoms with Gasteiger partial charge in [0.2, 0.25) is 0 Å². The molecule has 0 amide bonds. The summed E-state index contributed by atoms with van der Waals surface area (Å²) in [7, 11) is 0. The molecule has 3 nitrogen and oxygen atoms in total. The number of para-hydroxylation sites is 1. The van der Waals surface area contributed by atoms with Gasteiger partial charge in [0.15, 0.2) is 0 Å². The van der Waals surface area contributed by atoms with Crippen molar-refractivity contribution in [3.05, 3.63) is 29.8 Å². The first kappa shape index (κ1) is 14.4. The Morgan fingerprint density at radius 2 is 2.11 bits per heavy atom. The summed E-state index contributed by atoms with van der Waals surface area (Å²) >= 11 is 0. The number of hydrogen-bond acceptors (Lipinski definition) is 3. The summed E-state index contributed by atoms with van der Waals surface area (Å²) in [5, 5.41) is 0. The molecular formula is C16H26N2O. The van der Waals surface area contributed by atoms with Gasteiger partial charge in [-0.2, -0.15) is 0 Å². The van der Waals surface area contributed by atoms with E-state index in [-0.39, 0.29) is 0 Å². The molecule has 2 atom stereocenters. The quantitative estimate of drug-likeness (QED) is 0.885. The first-order valence-electron chi connectivity index (χ1n) is 7.33. The largest absolute Gasteiger partial charge is 0.492 e. The Kier molecular flexibility index (Phi) is 5.23. The molecule has 0 bridgehead atoms. The van der Waals surface area contributed by atoms with Crippen LogP contribution < -0.4 is 10.5 Å². The first-order valence-corrected chi connectivity index (χ1v) is 7.33. The summed E-state index contributed by atoms with van der Waals surface area (Å²) in [6, 6.07) is 8.85. The SMILES string of the molecule is Cc1ccccc1OCCN1CC(CN)CCC1C. The molecule has 106 valence electrons. The Morgan fingerprint density at radius 3 is 2.84 bits per heavy atom. The van der Waals surface area contributed by atoms with Crippen LogP contribution in [0.3, 0.4) is 0 Å². The van der Waals surface area contributed by atoms with Gasteiger partial charge < -0.3 is 10.5 Å². The molecule has 1 saturated heterocycles. The van der Waals surface area contributed by atoms with Crippen LogP contribution in [0.15, 0.2) is 24.3 Å². The lowest BCUT2D eigenvalue weighted by Crippen LogP contribution is -2.45. The highest BCUT2D eigenvalue weighted by Gasteiger charge is 2.24. The van der Waals surface area contributed by atoms with Crippen molar-refractivity contribution in [1.29, 1.82) is 0 Å². The third-order valence-electron chi connectivity index (χ3n) is 4.17. The number of nitrogens with zero attached hydrogens (tertiary/aromatic N) is 1.